The van der Waals surface area contributed by atoms with Gasteiger partial charge in [-0.1, -0.05) is 18.2 Å². The van der Waals surface area contributed by atoms with Gasteiger partial charge >= 0.3 is 0 Å². The normalized spacial score (nSPS) is 12.4. The van der Waals surface area contributed by atoms with Crippen LogP contribution in [0.1, 0.15) is 6.42 Å². The molecule has 3 nitrogen and oxygen atoms in total. The smallest absolute Gasteiger partial charge is 0.119 e. The predicted molar refractivity (Wildman–Crippen MR) is 61.3 cm³/mol. The molecule has 0 saturated heterocycles. The first kappa shape index (κ1) is 12.0. The zero-order chi connectivity index (χ0) is 10.9. The van der Waals surface area contributed by atoms with Gasteiger partial charge in [-0.2, -0.15) is 0 Å². The summed E-state index contributed by atoms with van der Waals surface area (Å²) in [6.07, 6.45) is 0.958. The molecule has 0 bridgehead atoms. The maximum Gasteiger partial charge on any atom is 0.119 e. The fourth-order valence-corrected chi connectivity index (χ4v) is 1.28. The minimum Gasteiger partial charge on any atom is -0.492 e. The van der Waals surface area contributed by atoms with E-state index in [9.17, 15) is 0 Å². The Morgan fingerprint density at radius 3 is 2.60 bits per heavy atom. The van der Waals surface area contributed by atoms with Crippen LogP contribution in [-0.4, -0.2) is 33.4 Å². The quantitative estimate of drug-likeness (QED) is 0.741. The molecule has 84 valence electrons. The highest BCUT2D eigenvalue weighted by molar-refractivity contribution is 5.20. The number of para-hydroxylation sites is 1. The van der Waals surface area contributed by atoms with Crippen LogP contribution in [0, 0.1) is 0 Å². The molecule has 1 aromatic rings. The van der Waals surface area contributed by atoms with E-state index in [4.69, 9.17) is 9.47 Å². The van der Waals surface area contributed by atoms with Crippen LogP contribution in [0.5, 0.6) is 5.75 Å². The van der Waals surface area contributed by atoms with Gasteiger partial charge in [-0.15, -0.1) is 0 Å². The third-order valence-corrected chi connectivity index (χ3v) is 2.27. The van der Waals surface area contributed by atoms with Crippen LogP contribution in [0.15, 0.2) is 30.3 Å². The van der Waals surface area contributed by atoms with Gasteiger partial charge in [-0.05, 0) is 25.6 Å². The zero-order valence-electron chi connectivity index (χ0n) is 9.40. The van der Waals surface area contributed by atoms with Crippen molar-refractivity contribution in [2.24, 2.45) is 0 Å². The Labute approximate surface area is 91.4 Å². The topological polar surface area (TPSA) is 30.5 Å². The van der Waals surface area contributed by atoms with Gasteiger partial charge in [-0.3, -0.25) is 0 Å². The Morgan fingerprint density at radius 1 is 1.27 bits per heavy atom. The summed E-state index contributed by atoms with van der Waals surface area (Å²) in [6.45, 7) is 1.42. The van der Waals surface area contributed by atoms with E-state index in [-0.39, 0.29) is 0 Å². The molecular weight excluding hydrogens is 190 g/mol. The van der Waals surface area contributed by atoms with Gasteiger partial charge in [0, 0.05) is 19.8 Å². The molecule has 15 heavy (non-hydrogen) atoms. The lowest BCUT2D eigenvalue weighted by Crippen LogP contribution is -2.32. The summed E-state index contributed by atoms with van der Waals surface area (Å²) in [6, 6.07) is 10.2. The number of ether oxygens (including phenoxy) is 2. The molecule has 1 N–H and O–H groups in total. The standard InChI is InChI=1S/C12H19NO2/c1-13-11(8-9-14-2)10-15-12-6-4-3-5-7-12/h3-7,11,13H,8-10H2,1-2H3. The Balaban J connectivity index is 2.28. The highest BCUT2D eigenvalue weighted by Crippen LogP contribution is 2.08. The maximum atomic E-state index is 5.64. The second-order valence-corrected chi connectivity index (χ2v) is 3.39. The predicted octanol–water partition coefficient (Wildman–Crippen LogP) is 1.69. The van der Waals surface area contributed by atoms with Crippen molar-refractivity contribution < 1.29 is 9.47 Å². The largest absolute Gasteiger partial charge is 0.492 e. The molecule has 0 amide bonds. The van der Waals surface area contributed by atoms with Crippen molar-refractivity contribution >= 4 is 0 Å². The van der Waals surface area contributed by atoms with E-state index in [1.807, 2.05) is 37.4 Å². The first-order chi connectivity index (χ1) is 7.36. The van der Waals surface area contributed by atoms with E-state index in [1.165, 1.54) is 0 Å². The van der Waals surface area contributed by atoms with Gasteiger partial charge in [0.2, 0.25) is 0 Å². The number of hydrogen-bond donors (Lipinski definition) is 1. The second-order valence-electron chi connectivity index (χ2n) is 3.39. The number of rotatable bonds is 7. The van der Waals surface area contributed by atoms with Gasteiger partial charge in [-0.25, -0.2) is 0 Å². The average molecular weight is 209 g/mol. The third kappa shape index (κ3) is 4.81. The van der Waals surface area contributed by atoms with Crippen LogP contribution < -0.4 is 10.1 Å². The number of nitrogens with one attached hydrogen (secondary N) is 1. The average Bonchev–Trinajstić information content (AvgIpc) is 2.31. The lowest BCUT2D eigenvalue weighted by atomic mass is 10.2. The molecule has 0 spiro atoms. The molecule has 0 heterocycles. The highest BCUT2D eigenvalue weighted by atomic mass is 16.5. The molecule has 0 radical (unpaired) electrons. The monoisotopic (exact) mass is 209 g/mol. The second kappa shape index (κ2) is 7.26. The minimum atomic E-state index is 0.338. The Hall–Kier alpha value is -1.06. The van der Waals surface area contributed by atoms with Crippen LogP contribution in [0.25, 0.3) is 0 Å². The molecule has 1 atom stereocenters. The number of benzene rings is 1. The summed E-state index contributed by atoms with van der Waals surface area (Å²) in [4.78, 5) is 0. The van der Waals surface area contributed by atoms with E-state index in [1.54, 1.807) is 7.11 Å². The van der Waals surface area contributed by atoms with E-state index in [0.717, 1.165) is 18.8 Å². The van der Waals surface area contributed by atoms with Crippen LogP contribution >= 0.6 is 0 Å². The van der Waals surface area contributed by atoms with Gasteiger partial charge in [0.25, 0.3) is 0 Å². The lowest BCUT2D eigenvalue weighted by molar-refractivity contribution is 0.168. The van der Waals surface area contributed by atoms with E-state index < -0.39 is 0 Å². The van der Waals surface area contributed by atoms with Crippen LogP contribution in [0.3, 0.4) is 0 Å². The van der Waals surface area contributed by atoms with Gasteiger partial charge in [0.15, 0.2) is 0 Å². The van der Waals surface area contributed by atoms with Crippen molar-refractivity contribution in [1.82, 2.24) is 5.32 Å². The Kier molecular flexibility index (Phi) is 5.81. The van der Waals surface area contributed by atoms with Crippen LogP contribution in [0.4, 0.5) is 0 Å². The van der Waals surface area contributed by atoms with Crippen molar-refractivity contribution in [3.8, 4) is 5.75 Å². The maximum absolute atomic E-state index is 5.64. The van der Waals surface area contributed by atoms with Gasteiger partial charge in [0.05, 0.1) is 0 Å². The highest BCUT2D eigenvalue weighted by Gasteiger charge is 2.06. The summed E-state index contributed by atoms with van der Waals surface area (Å²) >= 11 is 0. The summed E-state index contributed by atoms with van der Waals surface area (Å²) in [5, 5.41) is 3.20. The summed E-state index contributed by atoms with van der Waals surface area (Å²) in [7, 11) is 3.65. The van der Waals surface area contributed by atoms with E-state index in [0.29, 0.717) is 12.6 Å². The number of likely N-dealkylation sites (N-methyl/N-ethyl adjacent to an activating group) is 1. The molecule has 3 heteroatoms. The number of hydrogen-bond acceptors (Lipinski definition) is 3. The lowest BCUT2D eigenvalue weighted by Gasteiger charge is -2.16. The first-order valence-electron chi connectivity index (χ1n) is 5.21. The Morgan fingerprint density at radius 2 is 2.00 bits per heavy atom. The van der Waals surface area contributed by atoms with Crippen molar-refractivity contribution in [1.29, 1.82) is 0 Å². The molecule has 0 aliphatic carbocycles. The van der Waals surface area contributed by atoms with Crippen LogP contribution in [-0.2, 0) is 4.74 Å². The van der Waals surface area contributed by atoms with Crippen molar-refractivity contribution in [2.75, 3.05) is 27.4 Å². The molecule has 1 unspecified atom stereocenters. The van der Waals surface area contributed by atoms with Gasteiger partial charge in [0.1, 0.15) is 12.4 Å². The molecule has 0 aromatic heterocycles. The summed E-state index contributed by atoms with van der Waals surface area (Å²) in [5.74, 6) is 0.912. The van der Waals surface area contributed by atoms with Crippen molar-refractivity contribution in [3.05, 3.63) is 30.3 Å². The molecule has 1 rings (SSSR count). The van der Waals surface area contributed by atoms with E-state index >= 15 is 0 Å². The molecule has 0 saturated carbocycles. The summed E-state index contributed by atoms with van der Waals surface area (Å²) < 4.78 is 10.7. The molecule has 0 aliphatic rings. The fraction of sp³-hybridized carbons (Fsp3) is 0.500. The summed E-state index contributed by atoms with van der Waals surface area (Å²) in [5.41, 5.74) is 0. The minimum absolute atomic E-state index is 0.338. The number of methoxy groups -OCH3 is 1. The fourth-order valence-electron chi connectivity index (χ4n) is 1.28. The molecular formula is C12H19NO2. The van der Waals surface area contributed by atoms with Gasteiger partial charge < -0.3 is 14.8 Å². The van der Waals surface area contributed by atoms with Crippen molar-refractivity contribution in [2.45, 2.75) is 12.5 Å². The van der Waals surface area contributed by atoms with Crippen LogP contribution in [0.2, 0.25) is 0 Å². The van der Waals surface area contributed by atoms with E-state index in [2.05, 4.69) is 5.32 Å². The molecule has 0 aliphatic heterocycles. The SMILES string of the molecule is CNC(CCOC)COc1ccccc1. The molecule has 1 aromatic carbocycles. The molecule has 0 fully saturated rings. The first-order valence-corrected chi connectivity index (χ1v) is 5.21. The Bertz CT molecular complexity index is 251. The third-order valence-electron chi connectivity index (χ3n) is 2.27. The van der Waals surface area contributed by atoms with Crippen molar-refractivity contribution in [3.63, 3.8) is 0 Å². The zero-order valence-corrected chi connectivity index (χ0v) is 9.40.